The van der Waals surface area contributed by atoms with E-state index in [1.807, 2.05) is 36.2 Å². The van der Waals surface area contributed by atoms with E-state index in [2.05, 4.69) is 6.58 Å². The van der Waals surface area contributed by atoms with Crippen LogP contribution >= 0.6 is 0 Å². The maximum atomic E-state index is 5.26. The minimum absolute atomic E-state index is 0.605. The molecule has 11 heavy (non-hydrogen) atoms. The molecule has 1 heterocycles. The maximum absolute atomic E-state index is 5.26. The molecule has 0 atom stereocenters. The fraction of sp³-hybridized carbons (Fsp3) is 0.500. The molecule has 1 aliphatic rings. The van der Waals surface area contributed by atoms with E-state index in [0.717, 1.165) is 5.82 Å². The molecule has 3 nitrogen and oxygen atoms in total. The zero-order valence-corrected chi connectivity index (χ0v) is 7.08. The van der Waals surface area contributed by atoms with Gasteiger partial charge in [0.25, 0.3) is 0 Å². The van der Waals surface area contributed by atoms with E-state index in [9.17, 15) is 0 Å². The first-order valence-corrected chi connectivity index (χ1v) is 3.59. The lowest BCUT2D eigenvalue weighted by atomic mass is 10.5. The van der Waals surface area contributed by atoms with Gasteiger partial charge < -0.3 is 14.5 Å². The molecule has 62 valence electrons. The summed E-state index contributed by atoms with van der Waals surface area (Å²) in [5.41, 5.74) is 0. The summed E-state index contributed by atoms with van der Waals surface area (Å²) >= 11 is 0. The minimum atomic E-state index is 0.605. The molecule has 0 unspecified atom stereocenters. The molecule has 0 radical (unpaired) electrons. The third-order valence-electron chi connectivity index (χ3n) is 1.68. The molecule has 0 saturated carbocycles. The number of ether oxygens (including phenoxy) is 1. The summed E-state index contributed by atoms with van der Waals surface area (Å²) in [6, 6.07) is 0. The minimum Gasteiger partial charge on any atom is -0.357 e. The Morgan fingerprint density at radius 2 is 2.27 bits per heavy atom. The lowest BCUT2D eigenvalue weighted by Crippen LogP contribution is -2.30. The summed E-state index contributed by atoms with van der Waals surface area (Å²) < 4.78 is 5.26. The van der Waals surface area contributed by atoms with Crippen molar-refractivity contribution in [1.82, 2.24) is 9.80 Å². The molecule has 3 heteroatoms. The van der Waals surface area contributed by atoms with Crippen LogP contribution in [0, 0.1) is 0 Å². The van der Waals surface area contributed by atoms with Crippen LogP contribution in [0.3, 0.4) is 0 Å². The van der Waals surface area contributed by atoms with Gasteiger partial charge in [-0.05, 0) is 6.08 Å². The molecule has 0 bridgehead atoms. The van der Waals surface area contributed by atoms with Crippen LogP contribution in [0.2, 0.25) is 0 Å². The predicted molar refractivity (Wildman–Crippen MR) is 44.6 cm³/mol. The summed E-state index contributed by atoms with van der Waals surface area (Å²) in [6.07, 6.45) is 3.93. The average molecular weight is 154 g/mol. The number of rotatable bonds is 0. The molecule has 0 N–H and O–H groups in total. The van der Waals surface area contributed by atoms with Gasteiger partial charge in [-0.15, -0.1) is 0 Å². The Bertz CT molecular complexity index is 177. The zero-order chi connectivity index (χ0) is 8.27. The molecule has 1 aliphatic heterocycles. The van der Waals surface area contributed by atoms with Gasteiger partial charge in [-0.2, -0.15) is 0 Å². The van der Waals surface area contributed by atoms with Gasteiger partial charge in [0, 0.05) is 20.3 Å². The summed E-state index contributed by atoms with van der Waals surface area (Å²) in [6.45, 7) is 5.17. The van der Waals surface area contributed by atoms with E-state index in [-0.39, 0.29) is 0 Å². The summed E-state index contributed by atoms with van der Waals surface area (Å²) in [5.74, 6) is 0.945. The van der Waals surface area contributed by atoms with Gasteiger partial charge in [-0.25, -0.2) is 0 Å². The lowest BCUT2D eigenvalue weighted by Gasteiger charge is -2.28. The van der Waals surface area contributed by atoms with Crippen LogP contribution in [-0.2, 0) is 4.74 Å². The average Bonchev–Trinajstić information content (AvgIpc) is 2.00. The normalized spacial score (nSPS) is 20.0. The van der Waals surface area contributed by atoms with Crippen LogP contribution in [-0.4, -0.2) is 37.2 Å². The highest BCUT2D eigenvalue weighted by molar-refractivity contribution is 4.98. The molecule has 0 amide bonds. The second-order valence-corrected chi connectivity index (χ2v) is 2.61. The monoisotopic (exact) mass is 154 g/mol. The molecule has 0 saturated heterocycles. The second-order valence-electron chi connectivity index (χ2n) is 2.61. The molecule has 0 aromatic rings. The van der Waals surface area contributed by atoms with Gasteiger partial charge in [0.1, 0.15) is 12.6 Å². The van der Waals surface area contributed by atoms with Crippen LogP contribution in [0.1, 0.15) is 0 Å². The van der Waals surface area contributed by atoms with E-state index in [1.165, 1.54) is 0 Å². The molecule has 0 aromatic carbocycles. The van der Waals surface area contributed by atoms with E-state index in [1.54, 1.807) is 0 Å². The van der Waals surface area contributed by atoms with Gasteiger partial charge in [0.05, 0.1) is 6.61 Å². The number of nitrogens with zero attached hydrogens (tertiary/aromatic N) is 2. The van der Waals surface area contributed by atoms with Gasteiger partial charge in [-0.3, -0.25) is 0 Å². The van der Waals surface area contributed by atoms with Gasteiger partial charge in [-0.1, -0.05) is 6.58 Å². The van der Waals surface area contributed by atoms with Crippen LogP contribution < -0.4 is 0 Å². The fourth-order valence-corrected chi connectivity index (χ4v) is 0.889. The zero-order valence-electron chi connectivity index (χ0n) is 7.08. The van der Waals surface area contributed by atoms with Crippen LogP contribution in [0.15, 0.2) is 24.7 Å². The molecular weight excluding hydrogens is 140 g/mol. The van der Waals surface area contributed by atoms with Crippen LogP contribution in [0.25, 0.3) is 0 Å². The van der Waals surface area contributed by atoms with Crippen molar-refractivity contribution in [2.75, 3.05) is 27.4 Å². The Hall–Kier alpha value is -0.960. The summed E-state index contributed by atoms with van der Waals surface area (Å²) in [5, 5.41) is 0. The highest BCUT2D eigenvalue weighted by Crippen LogP contribution is 2.06. The van der Waals surface area contributed by atoms with E-state index in [0.29, 0.717) is 13.3 Å². The molecule has 1 rings (SSSR count). The second kappa shape index (κ2) is 3.44. The topological polar surface area (TPSA) is 15.7 Å². The third kappa shape index (κ3) is 1.98. The standard InChI is InChI=1S/C8H14N2O/c1-8-9(2)5-4-6-11-7-10(8)3/h4-5H,1,6-7H2,2-3H3. The summed E-state index contributed by atoms with van der Waals surface area (Å²) in [4.78, 5) is 3.94. The Morgan fingerprint density at radius 1 is 1.55 bits per heavy atom. The molecule has 0 fully saturated rings. The predicted octanol–water partition coefficient (Wildman–Crippen LogP) is 0.823. The Kier molecular flexibility index (Phi) is 2.54. The van der Waals surface area contributed by atoms with E-state index >= 15 is 0 Å². The van der Waals surface area contributed by atoms with Crippen molar-refractivity contribution in [1.29, 1.82) is 0 Å². The first kappa shape index (κ1) is 8.14. The maximum Gasteiger partial charge on any atom is 0.120 e. The van der Waals surface area contributed by atoms with Crippen LogP contribution in [0.5, 0.6) is 0 Å². The largest absolute Gasteiger partial charge is 0.357 e. The highest BCUT2D eigenvalue weighted by Gasteiger charge is 2.06. The van der Waals surface area contributed by atoms with Crippen molar-refractivity contribution in [3.05, 3.63) is 24.7 Å². The SMILES string of the molecule is C=C1N(C)C=CCOCN1C. The Balaban J connectivity index is 2.64. The van der Waals surface area contributed by atoms with Crippen molar-refractivity contribution in [3.8, 4) is 0 Å². The van der Waals surface area contributed by atoms with Crippen LogP contribution in [0.4, 0.5) is 0 Å². The lowest BCUT2D eigenvalue weighted by molar-refractivity contribution is 0.0610. The quantitative estimate of drug-likeness (QED) is 0.514. The Labute approximate surface area is 67.5 Å². The van der Waals surface area contributed by atoms with E-state index in [4.69, 9.17) is 4.74 Å². The smallest absolute Gasteiger partial charge is 0.120 e. The molecular formula is C8H14N2O. The first-order valence-electron chi connectivity index (χ1n) is 3.59. The van der Waals surface area contributed by atoms with E-state index < -0.39 is 0 Å². The third-order valence-corrected chi connectivity index (χ3v) is 1.68. The van der Waals surface area contributed by atoms with Gasteiger partial charge in [0.15, 0.2) is 0 Å². The summed E-state index contributed by atoms with van der Waals surface area (Å²) in [7, 11) is 3.93. The Morgan fingerprint density at radius 3 is 3.00 bits per heavy atom. The van der Waals surface area contributed by atoms with Gasteiger partial charge >= 0.3 is 0 Å². The number of hydrogen-bond donors (Lipinski definition) is 0. The first-order chi connectivity index (χ1) is 5.22. The van der Waals surface area contributed by atoms with Crippen molar-refractivity contribution in [3.63, 3.8) is 0 Å². The van der Waals surface area contributed by atoms with Gasteiger partial charge in [0.2, 0.25) is 0 Å². The van der Waals surface area contributed by atoms with Crippen molar-refractivity contribution < 1.29 is 4.74 Å². The number of hydrogen-bond acceptors (Lipinski definition) is 3. The van der Waals surface area contributed by atoms with Crippen molar-refractivity contribution in [2.24, 2.45) is 0 Å². The van der Waals surface area contributed by atoms with Crippen molar-refractivity contribution >= 4 is 0 Å². The molecule has 0 aliphatic carbocycles. The highest BCUT2D eigenvalue weighted by atomic mass is 16.5. The fourth-order valence-electron chi connectivity index (χ4n) is 0.889. The molecule has 0 spiro atoms. The van der Waals surface area contributed by atoms with Crippen molar-refractivity contribution in [2.45, 2.75) is 0 Å². The molecule has 0 aromatic heterocycles.